The topological polar surface area (TPSA) is 43.9 Å². The van der Waals surface area contributed by atoms with Gasteiger partial charge in [-0.15, -0.1) is 0 Å². The van der Waals surface area contributed by atoms with Crippen LogP contribution >= 0.6 is 0 Å². The molecule has 30 heavy (non-hydrogen) atoms. The number of hydrogen-bond acceptors (Lipinski definition) is 3. The zero-order valence-corrected chi connectivity index (χ0v) is 18.2. The summed E-state index contributed by atoms with van der Waals surface area (Å²) in [6.45, 7) is 4.63. The summed E-state index contributed by atoms with van der Waals surface area (Å²) in [4.78, 5) is 32.9. The third-order valence-electron chi connectivity index (χ3n) is 7.78. The Kier molecular flexibility index (Phi) is 5.81. The van der Waals surface area contributed by atoms with E-state index in [-0.39, 0.29) is 11.8 Å². The second kappa shape index (κ2) is 8.70. The number of carbonyl (C=O) groups is 2. The van der Waals surface area contributed by atoms with Crippen molar-refractivity contribution in [3.8, 4) is 0 Å². The Bertz CT molecular complexity index is 796. The molecule has 3 aliphatic heterocycles. The predicted molar refractivity (Wildman–Crippen MR) is 117 cm³/mol. The minimum Gasteiger partial charge on any atom is -0.338 e. The van der Waals surface area contributed by atoms with E-state index < -0.39 is 0 Å². The molecule has 2 amide bonds. The summed E-state index contributed by atoms with van der Waals surface area (Å²) in [6, 6.07) is 6.21. The normalized spacial score (nSPS) is 25.5. The van der Waals surface area contributed by atoms with Crippen LogP contribution in [0.5, 0.6) is 0 Å². The first-order chi connectivity index (χ1) is 14.7. The van der Waals surface area contributed by atoms with E-state index in [9.17, 15) is 9.59 Å². The Morgan fingerprint density at radius 3 is 2.40 bits per heavy atom. The minimum atomic E-state index is 0.188. The zero-order valence-electron chi connectivity index (χ0n) is 18.2. The average Bonchev–Trinajstić information content (AvgIpc) is 3.50. The molecule has 0 N–H and O–H groups in total. The van der Waals surface area contributed by atoms with Crippen molar-refractivity contribution in [1.82, 2.24) is 14.7 Å². The molecule has 1 aromatic carbocycles. The lowest BCUT2D eigenvalue weighted by atomic mass is 9.87. The third kappa shape index (κ3) is 3.89. The molecule has 0 bridgehead atoms. The van der Waals surface area contributed by atoms with E-state index in [0.29, 0.717) is 18.6 Å². The molecular formula is C25H35N3O2. The van der Waals surface area contributed by atoms with Crippen LogP contribution in [0.4, 0.5) is 0 Å². The molecule has 5 nitrogen and oxygen atoms in total. The van der Waals surface area contributed by atoms with Gasteiger partial charge in [0, 0.05) is 44.2 Å². The molecule has 0 radical (unpaired) electrons. The lowest BCUT2D eigenvalue weighted by Gasteiger charge is -2.34. The zero-order chi connectivity index (χ0) is 20.5. The standard InChI is InChI=1S/C25H35N3O2/c29-24(19-7-2-1-3-8-19)27-16-12-20-17-21(10-11-22(20)18-27)25(30)28-15-6-9-23(28)26-13-4-5-14-26/h10-11,17,19,23H,1-9,12-16,18H2. The highest BCUT2D eigenvalue weighted by Gasteiger charge is 2.35. The third-order valence-corrected chi connectivity index (χ3v) is 7.78. The number of likely N-dealkylation sites (tertiary alicyclic amines) is 2. The van der Waals surface area contributed by atoms with Crippen molar-refractivity contribution in [3.63, 3.8) is 0 Å². The highest BCUT2D eigenvalue weighted by atomic mass is 16.2. The molecule has 1 atom stereocenters. The van der Waals surface area contributed by atoms with E-state index in [1.807, 2.05) is 6.07 Å². The molecule has 2 saturated heterocycles. The van der Waals surface area contributed by atoms with Crippen molar-refractivity contribution in [3.05, 3.63) is 34.9 Å². The van der Waals surface area contributed by atoms with Crippen molar-refractivity contribution in [1.29, 1.82) is 0 Å². The quantitative estimate of drug-likeness (QED) is 0.763. The molecule has 5 rings (SSSR count). The molecule has 1 aromatic rings. The largest absolute Gasteiger partial charge is 0.338 e. The smallest absolute Gasteiger partial charge is 0.255 e. The lowest BCUT2D eigenvalue weighted by molar-refractivity contribution is -0.137. The van der Waals surface area contributed by atoms with Crippen molar-refractivity contribution in [2.45, 2.75) is 76.9 Å². The van der Waals surface area contributed by atoms with Crippen molar-refractivity contribution < 1.29 is 9.59 Å². The van der Waals surface area contributed by atoms with Crippen LogP contribution in [0.1, 0.15) is 79.3 Å². The SMILES string of the molecule is O=C(C1CCCCC1)N1CCc2cc(C(=O)N3CCCC3N3CCCC3)ccc2C1. The fraction of sp³-hybridized carbons (Fsp3) is 0.680. The maximum atomic E-state index is 13.3. The average molecular weight is 410 g/mol. The first-order valence-electron chi connectivity index (χ1n) is 12.2. The number of nitrogens with zero attached hydrogens (tertiary/aromatic N) is 3. The summed E-state index contributed by atoms with van der Waals surface area (Å²) < 4.78 is 0. The summed E-state index contributed by atoms with van der Waals surface area (Å²) >= 11 is 0. The summed E-state index contributed by atoms with van der Waals surface area (Å²) in [7, 11) is 0. The van der Waals surface area contributed by atoms with Gasteiger partial charge in [-0.3, -0.25) is 14.5 Å². The fourth-order valence-corrected chi connectivity index (χ4v) is 6.05. The Balaban J connectivity index is 1.27. The molecule has 1 saturated carbocycles. The van der Waals surface area contributed by atoms with Crippen LogP contribution in [-0.4, -0.2) is 58.9 Å². The van der Waals surface area contributed by atoms with Crippen LogP contribution in [0.3, 0.4) is 0 Å². The Labute approximate surface area is 180 Å². The van der Waals surface area contributed by atoms with Gasteiger partial charge in [-0.1, -0.05) is 25.3 Å². The molecule has 1 unspecified atom stereocenters. The molecular weight excluding hydrogens is 374 g/mol. The van der Waals surface area contributed by atoms with E-state index in [2.05, 4.69) is 26.8 Å². The van der Waals surface area contributed by atoms with Gasteiger partial charge >= 0.3 is 0 Å². The molecule has 1 aliphatic carbocycles. The fourth-order valence-electron chi connectivity index (χ4n) is 6.05. The summed E-state index contributed by atoms with van der Waals surface area (Å²) in [5.74, 6) is 0.776. The number of hydrogen-bond donors (Lipinski definition) is 0. The van der Waals surface area contributed by atoms with Crippen molar-refractivity contribution in [2.24, 2.45) is 5.92 Å². The van der Waals surface area contributed by atoms with Gasteiger partial charge in [-0.05, 0) is 68.2 Å². The van der Waals surface area contributed by atoms with Crippen LogP contribution in [0, 0.1) is 5.92 Å². The Morgan fingerprint density at radius 2 is 1.60 bits per heavy atom. The molecule has 3 heterocycles. The highest BCUT2D eigenvalue weighted by molar-refractivity contribution is 5.95. The maximum Gasteiger partial charge on any atom is 0.255 e. The Morgan fingerprint density at radius 1 is 0.800 bits per heavy atom. The van der Waals surface area contributed by atoms with Gasteiger partial charge in [0.25, 0.3) is 5.91 Å². The van der Waals surface area contributed by atoms with E-state index in [1.54, 1.807) is 0 Å². The van der Waals surface area contributed by atoms with Gasteiger partial charge in [-0.2, -0.15) is 0 Å². The number of fused-ring (bicyclic) bond motifs is 1. The van der Waals surface area contributed by atoms with Crippen molar-refractivity contribution in [2.75, 3.05) is 26.2 Å². The predicted octanol–water partition coefficient (Wildman–Crippen LogP) is 3.81. The summed E-state index contributed by atoms with van der Waals surface area (Å²) in [5, 5.41) is 0. The highest BCUT2D eigenvalue weighted by Crippen LogP contribution is 2.30. The van der Waals surface area contributed by atoms with Crippen LogP contribution in [0.15, 0.2) is 18.2 Å². The number of benzene rings is 1. The monoisotopic (exact) mass is 409 g/mol. The van der Waals surface area contributed by atoms with Crippen LogP contribution < -0.4 is 0 Å². The van der Waals surface area contributed by atoms with Gasteiger partial charge in [0.1, 0.15) is 0 Å². The number of carbonyl (C=O) groups excluding carboxylic acids is 2. The van der Waals surface area contributed by atoms with Crippen LogP contribution in [0.25, 0.3) is 0 Å². The molecule has 0 spiro atoms. The second-order valence-corrected chi connectivity index (χ2v) is 9.69. The first-order valence-corrected chi connectivity index (χ1v) is 12.2. The van der Waals surface area contributed by atoms with Gasteiger partial charge in [-0.25, -0.2) is 0 Å². The number of rotatable bonds is 3. The molecule has 0 aromatic heterocycles. The summed E-state index contributed by atoms with van der Waals surface area (Å²) in [5.41, 5.74) is 3.30. The van der Waals surface area contributed by atoms with E-state index in [1.165, 1.54) is 43.2 Å². The number of amides is 2. The lowest BCUT2D eigenvalue weighted by Crippen LogP contribution is -2.46. The molecule has 162 valence electrons. The van der Waals surface area contributed by atoms with E-state index in [4.69, 9.17) is 0 Å². The van der Waals surface area contributed by atoms with Gasteiger partial charge < -0.3 is 9.80 Å². The maximum absolute atomic E-state index is 13.3. The molecule has 5 heteroatoms. The van der Waals surface area contributed by atoms with Crippen LogP contribution in [-0.2, 0) is 17.8 Å². The van der Waals surface area contributed by atoms with Crippen molar-refractivity contribution >= 4 is 11.8 Å². The van der Waals surface area contributed by atoms with E-state index in [0.717, 1.165) is 63.8 Å². The Hall–Kier alpha value is -1.88. The first kappa shape index (κ1) is 20.0. The molecule has 3 fully saturated rings. The summed E-state index contributed by atoms with van der Waals surface area (Å²) in [6.07, 6.45) is 11.7. The van der Waals surface area contributed by atoms with E-state index >= 15 is 0 Å². The minimum absolute atomic E-state index is 0.188. The van der Waals surface area contributed by atoms with Gasteiger partial charge in [0.2, 0.25) is 5.91 Å². The molecule has 4 aliphatic rings. The second-order valence-electron chi connectivity index (χ2n) is 9.69. The van der Waals surface area contributed by atoms with Crippen LogP contribution in [0.2, 0.25) is 0 Å². The van der Waals surface area contributed by atoms with Gasteiger partial charge in [0.05, 0.1) is 6.17 Å². The van der Waals surface area contributed by atoms with Gasteiger partial charge in [0.15, 0.2) is 0 Å².